The summed E-state index contributed by atoms with van der Waals surface area (Å²) in [6, 6.07) is 24.4. The van der Waals surface area contributed by atoms with Crippen molar-refractivity contribution in [3.8, 4) is 0 Å². The molecule has 0 bridgehead atoms. The number of carbonyl (C=O) groups excluding carboxylic acids is 1. The zero-order valence-electron chi connectivity index (χ0n) is 14.8. The molecule has 0 spiro atoms. The Kier molecular flexibility index (Phi) is 4.44. The number of esters is 1. The summed E-state index contributed by atoms with van der Waals surface area (Å²) in [5.74, 6) is -0.202. The van der Waals surface area contributed by atoms with Gasteiger partial charge in [-0.25, -0.2) is 0 Å². The van der Waals surface area contributed by atoms with Gasteiger partial charge in [0.05, 0.1) is 6.42 Å². The first-order valence-corrected chi connectivity index (χ1v) is 8.95. The molecule has 0 aliphatic carbocycles. The summed E-state index contributed by atoms with van der Waals surface area (Å²) in [4.78, 5) is 12.1. The standard InChI is InChI=1S/C23H21NO2/c1-2-24-21-11-7-6-10-19(21)20-14-18(12-13-22(20)24)16-26-23(25)15-17-8-4-3-5-9-17/h3-14H,2,15-16H2,1H3. The fraction of sp³-hybridized carbons (Fsp3) is 0.174. The average molecular weight is 343 g/mol. The van der Waals surface area contributed by atoms with Gasteiger partial charge >= 0.3 is 5.97 Å². The summed E-state index contributed by atoms with van der Waals surface area (Å²) in [6.07, 6.45) is 0.304. The van der Waals surface area contributed by atoms with Gasteiger partial charge in [-0.2, -0.15) is 0 Å². The summed E-state index contributed by atoms with van der Waals surface area (Å²) in [7, 11) is 0. The minimum Gasteiger partial charge on any atom is -0.461 e. The van der Waals surface area contributed by atoms with E-state index in [4.69, 9.17) is 4.74 Å². The molecule has 0 aliphatic heterocycles. The van der Waals surface area contributed by atoms with Crippen LogP contribution in [0.25, 0.3) is 21.8 Å². The second-order valence-corrected chi connectivity index (χ2v) is 6.44. The van der Waals surface area contributed by atoms with Crippen LogP contribution in [0, 0.1) is 0 Å². The molecular formula is C23H21NO2. The van der Waals surface area contributed by atoms with Crippen molar-refractivity contribution in [2.24, 2.45) is 0 Å². The number of nitrogens with zero attached hydrogens (tertiary/aromatic N) is 1. The predicted molar refractivity (Wildman–Crippen MR) is 105 cm³/mol. The van der Waals surface area contributed by atoms with Crippen molar-refractivity contribution in [2.75, 3.05) is 0 Å². The summed E-state index contributed by atoms with van der Waals surface area (Å²) in [5, 5.41) is 2.45. The molecule has 0 saturated carbocycles. The van der Waals surface area contributed by atoms with E-state index in [1.165, 1.54) is 21.8 Å². The van der Waals surface area contributed by atoms with Gasteiger partial charge in [0.1, 0.15) is 6.61 Å². The van der Waals surface area contributed by atoms with Crippen LogP contribution in [-0.4, -0.2) is 10.5 Å². The molecule has 26 heavy (non-hydrogen) atoms. The van der Waals surface area contributed by atoms with E-state index < -0.39 is 0 Å². The highest BCUT2D eigenvalue weighted by Crippen LogP contribution is 2.29. The number of aromatic nitrogens is 1. The molecule has 4 aromatic rings. The maximum absolute atomic E-state index is 12.1. The summed E-state index contributed by atoms with van der Waals surface area (Å²) in [5.41, 5.74) is 4.44. The number of aryl methyl sites for hydroxylation is 1. The maximum atomic E-state index is 12.1. The van der Waals surface area contributed by atoms with Crippen molar-refractivity contribution in [3.63, 3.8) is 0 Å². The van der Waals surface area contributed by atoms with E-state index in [1.807, 2.05) is 36.4 Å². The highest BCUT2D eigenvalue weighted by Gasteiger charge is 2.11. The predicted octanol–water partition coefficient (Wildman–Crippen LogP) is 5.10. The van der Waals surface area contributed by atoms with Crippen molar-refractivity contribution in [1.29, 1.82) is 0 Å². The highest BCUT2D eigenvalue weighted by atomic mass is 16.5. The van der Waals surface area contributed by atoms with E-state index >= 15 is 0 Å². The molecule has 0 unspecified atom stereocenters. The average Bonchev–Trinajstić information content (AvgIpc) is 3.00. The van der Waals surface area contributed by atoms with Crippen molar-refractivity contribution in [3.05, 3.63) is 83.9 Å². The monoisotopic (exact) mass is 343 g/mol. The van der Waals surface area contributed by atoms with Gasteiger partial charge in [-0.15, -0.1) is 0 Å². The summed E-state index contributed by atoms with van der Waals surface area (Å²) < 4.78 is 7.80. The summed E-state index contributed by atoms with van der Waals surface area (Å²) in [6.45, 7) is 3.38. The highest BCUT2D eigenvalue weighted by molar-refractivity contribution is 6.08. The van der Waals surface area contributed by atoms with Gasteiger partial charge in [0.25, 0.3) is 0 Å². The van der Waals surface area contributed by atoms with Gasteiger partial charge < -0.3 is 9.30 Å². The topological polar surface area (TPSA) is 31.2 Å². The van der Waals surface area contributed by atoms with Crippen LogP contribution in [0.5, 0.6) is 0 Å². The van der Waals surface area contributed by atoms with Crippen LogP contribution in [0.4, 0.5) is 0 Å². The molecule has 0 radical (unpaired) electrons. The fourth-order valence-electron chi connectivity index (χ4n) is 3.51. The van der Waals surface area contributed by atoms with Crippen LogP contribution < -0.4 is 0 Å². The Bertz CT molecular complexity index is 1060. The zero-order chi connectivity index (χ0) is 17.9. The SMILES string of the molecule is CCn1c2ccccc2c2cc(COC(=O)Cc3ccccc3)ccc21. The molecule has 4 rings (SSSR count). The maximum Gasteiger partial charge on any atom is 0.310 e. The molecule has 130 valence electrons. The molecule has 0 fully saturated rings. The number of rotatable bonds is 5. The van der Waals surface area contributed by atoms with Crippen LogP contribution >= 0.6 is 0 Å². The minimum absolute atomic E-state index is 0.202. The van der Waals surface area contributed by atoms with Crippen molar-refractivity contribution < 1.29 is 9.53 Å². The van der Waals surface area contributed by atoms with Crippen molar-refractivity contribution in [2.45, 2.75) is 26.5 Å². The lowest BCUT2D eigenvalue weighted by Crippen LogP contribution is -2.07. The molecule has 0 N–H and O–H groups in total. The zero-order valence-corrected chi connectivity index (χ0v) is 14.8. The van der Waals surface area contributed by atoms with Gasteiger partial charge in [0, 0.05) is 28.4 Å². The van der Waals surface area contributed by atoms with Crippen molar-refractivity contribution in [1.82, 2.24) is 4.57 Å². The number of hydrogen-bond donors (Lipinski definition) is 0. The molecule has 3 heteroatoms. The lowest BCUT2D eigenvalue weighted by molar-refractivity contribution is -0.144. The molecule has 0 saturated heterocycles. The number of benzene rings is 3. The molecule has 0 atom stereocenters. The number of para-hydroxylation sites is 1. The van der Waals surface area contributed by atoms with Gasteiger partial charge in [-0.1, -0.05) is 54.6 Å². The molecule has 1 heterocycles. The fourth-order valence-corrected chi connectivity index (χ4v) is 3.51. The van der Waals surface area contributed by atoms with E-state index in [9.17, 15) is 4.79 Å². The Balaban J connectivity index is 1.56. The molecule has 3 aromatic carbocycles. The Hall–Kier alpha value is -3.07. The van der Waals surface area contributed by atoms with Crippen molar-refractivity contribution >= 4 is 27.8 Å². The largest absolute Gasteiger partial charge is 0.461 e. The van der Waals surface area contributed by atoms with Crippen LogP contribution in [0.1, 0.15) is 18.1 Å². The van der Waals surface area contributed by atoms with E-state index in [0.29, 0.717) is 13.0 Å². The number of carbonyl (C=O) groups is 1. The van der Waals surface area contributed by atoms with E-state index in [0.717, 1.165) is 17.7 Å². The van der Waals surface area contributed by atoms with Crippen LogP contribution in [0.3, 0.4) is 0 Å². The Morgan fingerprint density at radius 3 is 2.38 bits per heavy atom. The Morgan fingerprint density at radius 1 is 0.846 bits per heavy atom. The van der Waals surface area contributed by atoms with Gasteiger partial charge in [0.2, 0.25) is 0 Å². The normalized spacial score (nSPS) is 11.1. The third-order valence-electron chi connectivity index (χ3n) is 4.74. The molecular weight excluding hydrogens is 322 g/mol. The minimum atomic E-state index is -0.202. The molecule has 0 aliphatic rings. The van der Waals surface area contributed by atoms with Crippen LogP contribution in [-0.2, 0) is 29.1 Å². The first-order chi connectivity index (χ1) is 12.8. The third kappa shape index (κ3) is 3.08. The molecule has 3 nitrogen and oxygen atoms in total. The first kappa shape index (κ1) is 16.4. The third-order valence-corrected chi connectivity index (χ3v) is 4.74. The Labute approximate surface area is 152 Å². The second kappa shape index (κ2) is 7.04. The lowest BCUT2D eigenvalue weighted by Gasteiger charge is -2.06. The second-order valence-electron chi connectivity index (χ2n) is 6.44. The van der Waals surface area contributed by atoms with Crippen LogP contribution in [0.2, 0.25) is 0 Å². The van der Waals surface area contributed by atoms with Crippen LogP contribution in [0.15, 0.2) is 72.8 Å². The molecule has 0 amide bonds. The quantitative estimate of drug-likeness (QED) is 0.472. The van der Waals surface area contributed by atoms with Gasteiger partial charge in [-0.3, -0.25) is 4.79 Å². The smallest absolute Gasteiger partial charge is 0.310 e. The Morgan fingerprint density at radius 2 is 1.58 bits per heavy atom. The van der Waals surface area contributed by atoms with Gasteiger partial charge in [-0.05, 0) is 36.2 Å². The number of ether oxygens (including phenoxy) is 1. The molecule has 1 aromatic heterocycles. The van der Waals surface area contributed by atoms with Gasteiger partial charge in [0.15, 0.2) is 0 Å². The van der Waals surface area contributed by atoms with E-state index in [-0.39, 0.29) is 5.97 Å². The first-order valence-electron chi connectivity index (χ1n) is 8.95. The van der Waals surface area contributed by atoms with E-state index in [1.54, 1.807) is 0 Å². The summed E-state index contributed by atoms with van der Waals surface area (Å²) >= 11 is 0. The van der Waals surface area contributed by atoms with E-state index in [2.05, 4.69) is 47.9 Å². The lowest BCUT2D eigenvalue weighted by atomic mass is 10.1. The number of fused-ring (bicyclic) bond motifs is 3. The number of hydrogen-bond acceptors (Lipinski definition) is 2.